The Morgan fingerprint density at radius 2 is 1.83 bits per heavy atom. The summed E-state index contributed by atoms with van der Waals surface area (Å²) in [6.45, 7) is 3.11. The molecule has 18 heavy (non-hydrogen) atoms. The van der Waals surface area contributed by atoms with Crippen LogP contribution < -0.4 is 4.90 Å². The number of rotatable bonds is 2. The largest absolute Gasteiger partial charge is 0.362 e. The predicted molar refractivity (Wildman–Crippen MR) is 72.8 cm³/mol. The molecule has 1 aromatic rings. The molecule has 0 amide bonds. The highest BCUT2D eigenvalue weighted by molar-refractivity contribution is 6.44. The SMILES string of the molecule is CN1CCN(c2c([N+](=O)[O-])ccc(Cl)c2Cl)CC1. The van der Waals surface area contributed by atoms with Crippen molar-refractivity contribution in [2.75, 3.05) is 38.1 Å². The van der Waals surface area contributed by atoms with E-state index in [4.69, 9.17) is 23.2 Å². The molecule has 0 aromatic heterocycles. The number of nitrogens with zero attached hydrogens (tertiary/aromatic N) is 3. The van der Waals surface area contributed by atoms with Crippen LogP contribution in [0.25, 0.3) is 0 Å². The average molecular weight is 290 g/mol. The van der Waals surface area contributed by atoms with Gasteiger partial charge in [0, 0.05) is 32.2 Å². The Morgan fingerprint density at radius 1 is 1.22 bits per heavy atom. The van der Waals surface area contributed by atoms with Gasteiger partial charge in [-0.25, -0.2) is 0 Å². The third kappa shape index (κ3) is 2.53. The fraction of sp³-hybridized carbons (Fsp3) is 0.455. The molecule has 0 N–H and O–H groups in total. The minimum atomic E-state index is -0.421. The molecule has 0 bridgehead atoms. The van der Waals surface area contributed by atoms with E-state index in [0.717, 1.165) is 13.1 Å². The fourth-order valence-electron chi connectivity index (χ4n) is 2.01. The summed E-state index contributed by atoms with van der Waals surface area (Å²) in [5.74, 6) is 0. The number of halogens is 2. The van der Waals surface area contributed by atoms with Crippen LogP contribution in [0, 0.1) is 10.1 Å². The lowest BCUT2D eigenvalue weighted by atomic mass is 10.2. The van der Waals surface area contributed by atoms with Crippen LogP contribution in [0.4, 0.5) is 11.4 Å². The van der Waals surface area contributed by atoms with Gasteiger partial charge in [0.15, 0.2) is 0 Å². The van der Waals surface area contributed by atoms with Gasteiger partial charge in [-0.3, -0.25) is 10.1 Å². The maximum Gasteiger partial charge on any atom is 0.294 e. The van der Waals surface area contributed by atoms with Gasteiger partial charge in [0.2, 0.25) is 0 Å². The van der Waals surface area contributed by atoms with Crippen LogP contribution in [0.3, 0.4) is 0 Å². The van der Waals surface area contributed by atoms with E-state index in [0.29, 0.717) is 23.8 Å². The zero-order valence-electron chi connectivity index (χ0n) is 9.90. The van der Waals surface area contributed by atoms with E-state index in [-0.39, 0.29) is 10.7 Å². The molecule has 0 unspecified atom stereocenters. The summed E-state index contributed by atoms with van der Waals surface area (Å²) in [4.78, 5) is 14.7. The summed E-state index contributed by atoms with van der Waals surface area (Å²) in [7, 11) is 2.02. The molecule has 0 aliphatic carbocycles. The number of nitro groups is 1. The maximum atomic E-state index is 11.1. The summed E-state index contributed by atoms with van der Waals surface area (Å²) < 4.78 is 0. The topological polar surface area (TPSA) is 49.6 Å². The fourth-order valence-corrected chi connectivity index (χ4v) is 2.44. The van der Waals surface area contributed by atoms with Crippen molar-refractivity contribution in [1.82, 2.24) is 4.90 Å². The van der Waals surface area contributed by atoms with Crippen LogP contribution in [0.5, 0.6) is 0 Å². The molecule has 98 valence electrons. The summed E-state index contributed by atoms with van der Waals surface area (Å²) >= 11 is 12.1. The van der Waals surface area contributed by atoms with Gasteiger partial charge in [0.05, 0.1) is 15.0 Å². The van der Waals surface area contributed by atoms with Gasteiger partial charge in [-0.15, -0.1) is 0 Å². The molecule has 0 atom stereocenters. The van der Waals surface area contributed by atoms with Gasteiger partial charge in [0.25, 0.3) is 5.69 Å². The Bertz CT molecular complexity index is 474. The monoisotopic (exact) mass is 289 g/mol. The zero-order chi connectivity index (χ0) is 13.3. The quantitative estimate of drug-likeness (QED) is 0.620. The van der Waals surface area contributed by atoms with E-state index < -0.39 is 4.92 Å². The Labute approximate surface area is 115 Å². The smallest absolute Gasteiger partial charge is 0.294 e. The van der Waals surface area contributed by atoms with Crippen LogP contribution in [-0.4, -0.2) is 43.0 Å². The molecular formula is C11H13Cl2N3O2. The molecule has 1 aliphatic heterocycles. The van der Waals surface area contributed by atoms with E-state index in [2.05, 4.69) is 4.90 Å². The third-order valence-corrected chi connectivity index (χ3v) is 3.86. The molecule has 1 heterocycles. The van der Waals surface area contributed by atoms with Crippen molar-refractivity contribution < 1.29 is 4.92 Å². The lowest BCUT2D eigenvalue weighted by Crippen LogP contribution is -2.44. The lowest BCUT2D eigenvalue weighted by Gasteiger charge is -2.34. The van der Waals surface area contributed by atoms with E-state index in [1.165, 1.54) is 12.1 Å². The van der Waals surface area contributed by atoms with Gasteiger partial charge < -0.3 is 9.80 Å². The Balaban J connectivity index is 2.41. The van der Waals surface area contributed by atoms with Crippen molar-refractivity contribution in [3.63, 3.8) is 0 Å². The van der Waals surface area contributed by atoms with Crippen molar-refractivity contribution in [2.24, 2.45) is 0 Å². The maximum absolute atomic E-state index is 11.1. The van der Waals surface area contributed by atoms with Crippen molar-refractivity contribution in [3.8, 4) is 0 Å². The van der Waals surface area contributed by atoms with Crippen LogP contribution in [-0.2, 0) is 0 Å². The summed E-state index contributed by atoms with van der Waals surface area (Å²) in [6.07, 6.45) is 0. The van der Waals surface area contributed by atoms with E-state index in [1.54, 1.807) is 0 Å². The van der Waals surface area contributed by atoms with Crippen LogP contribution >= 0.6 is 23.2 Å². The van der Waals surface area contributed by atoms with Crippen molar-refractivity contribution in [3.05, 3.63) is 32.3 Å². The summed E-state index contributed by atoms with van der Waals surface area (Å²) in [5, 5.41) is 11.7. The molecule has 1 aromatic carbocycles. The second-order valence-corrected chi connectivity index (χ2v) is 5.06. The number of hydrogen-bond donors (Lipinski definition) is 0. The van der Waals surface area contributed by atoms with Crippen molar-refractivity contribution >= 4 is 34.6 Å². The molecule has 1 fully saturated rings. The average Bonchev–Trinajstić information content (AvgIpc) is 2.33. The van der Waals surface area contributed by atoms with E-state index in [9.17, 15) is 10.1 Å². The van der Waals surface area contributed by atoms with Gasteiger partial charge >= 0.3 is 0 Å². The van der Waals surface area contributed by atoms with Gasteiger partial charge in [-0.2, -0.15) is 0 Å². The first kappa shape index (κ1) is 13.4. The standard InChI is InChI=1S/C11H13Cl2N3O2/c1-14-4-6-15(7-5-14)11-9(16(17)18)3-2-8(12)10(11)13/h2-3H,4-7H2,1H3. The molecule has 5 nitrogen and oxygen atoms in total. The minimum absolute atomic E-state index is 0.00829. The number of likely N-dealkylation sites (N-methyl/N-ethyl adjacent to an activating group) is 1. The van der Waals surface area contributed by atoms with E-state index >= 15 is 0 Å². The highest BCUT2D eigenvalue weighted by atomic mass is 35.5. The number of anilines is 1. The van der Waals surface area contributed by atoms with Gasteiger partial charge in [-0.1, -0.05) is 23.2 Å². The van der Waals surface area contributed by atoms with Crippen molar-refractivity contribution in [2.45, 2.75) is 0 Å². The van der Waals surface area contributed by atoms with Gasteiger partial charge in [0.1, 0.15) is 5.69 Å². The first-order valence-electron chi connectivity index (χ1n) is 5.56. The molecular weight excluding hydrogens is 277 g/mol. The third-order valence-electron chi connectivity index (χ3n) is 3.06. The Kier molecular flexibility index (Phi) is 3.94. The van der Waals surface area contributed by atoms with E-state index in [1.807, 2.05) is 11.9 Å². The molecule has 1 saturated heterocycles. The second kappa shape index (κ2) is 5.30. The van der Waals surface area contributed by atoms with Gasteiger partial charge in [-0.05, 0) is 13.1 Å². The number of benzene rings is 1. The Morgan fingerprint density at radius 3 is 2.39 bits per heavy atom. The first-order valence-corrected chi connectivity index (χ1v) is 6.32. The number of nitro benzene ring substituents is 1. The first-order chi connectivity index (χ1) is 8.50. The summed E-state index contributed by atoms with van der Waals surface area (Å²) in [6, 6.07) is 2.86. The highest BCUT2D eigenvalue weighted by Crippen LogP contribution is 2.40. The lowest BCUT2D eigenvalue weighted by molar-refractivity contribution is -0.384. The number of hydrogen-bond acceptors (Lipinski definition) is 4. The molecule has 0 radical (unpaired) electrons. The molecule has 1 aliphatic rings. The molecule has 2 rings (SSSR count). The van der Waals surface area contributed by atoms with Crippen LogP contribution in [0.1, 0.15) is 0 Å². The number of piperazine rings is 1. The van der Waals surface area contributed by atoms with Crippen molar-refractivity contribution in [1.29, 1.82) is 0 Å². The summed E-state index contributed by atoms with van der Waals surface area (Å²) in [5.41, 5.74) is 0.441. The van der Waals surface area contributed by atoms with Crippen LogP contribution in [0.15, 0.2) is 12.1 Å². The minimum Gasteiger partial charge on any atom is -0.362 e. The molecule has 0 spiro atoms. The zero-order valence-corrected chi connectivity index (χ0v) is 11.4. The normalized spacial score (nSPS) is 16.9. The highest BCUT2D eigenvalue weighted by Gasteiger charge is 2.26. The molecule has 0 saturated carbocycles. The second-order valence-electron chi connectivity index (χ2n) is 4.28. The molecule has 7 heteroatoms. The predicted octanol–water partition coefficient (Wildman–Crippen LogP) is 2.65. The Hall–Kier alpha value is -1.04. The van der Waals surface area contributed by atoms with Crippen LogP contribution in [0.2, 0.25) is 10.0 Å².